The Morgan fingerprint density at radius 1 is 1.11 bits per heavy atom. The van der Waals surface area contributed by atoms with Gasteiger partial charge in [0.1, 0.15) is 5.82 Å². The molecule has 0 atom stereocenters. The number of hydrogen-bond acceptors (Lipinski definition) is 5. The molecule has 136 valence electrons. The molecule has 1 saturated heterocycles. The summed E-state index contributed by atoms with van der Waals surface area (Å²) in [5.74, 6) is 0.900. The lowest BCUT2D eigenvalue weighted by Gasteiger charge is -2.15. The number of anilines is 2. The first kappa shape index (κ1) is 16.4. The van der Waals surface area contributed by atoms with Gasteiger partial charge in [0.05, 0.1) is 5.69 Å². The molecule has 1 aliphatic carbocycles. The summed E-state index contributed by atoms with van der Waals surface area (Å²) in [7, 11) is 0. The number of aromatic nitrogens is 2. The van der Waals surface area contributed by atoms with Crippen LogP contribution in [-0.2, 0) is 4.79 Å². The van der Waals surface area contributed by atoms with Gasteiger partial charge in [0.25, 0.3) is 0 Å². The highest BCUT2D eigenvalue weighted by molar-refractivity contribution is 7.14. The van der Waals surface area contributed by atoms with Crippen LogP contribution in [0.15, 0.2) is 48.0 Å². The fraction of sp³-hybridized carbons (Fsp3) is 0.286. The van der Waals surface area contributed by atoms with Crippen LogP contribution in [0.2, 0.25) is 0 Å². The zero-order chi connectivity index (χ0) is 18.2. The number of rotatable bonds is 5. The van der Waals surface area contributed by atoms with Crippen molar-refractivity contribution >= 4 is 28.2 Å². The summed E-state index contributed by atoms with van der Waals surface area (Å²) in [5, 5.41) is 6.56. The lowest BCUT2D eigenvalue weighted by atomic mass is 9.99. The second kappa shape index (κ2) is 6.78. The highest BCUT2D eigenvalue weighted by atomic mass is 32.1. The Morgan fingerprint density at radius 3 is 2.67 bits per heavy atom. The van der Waals surface area contributed by atoms with E-state index in [1.54, 1.807) is 16.2 Å². The van der Waals surface area contributed by atoms with Crippen LogP contribution in [0.4, 0.5) is 10.9 Å². The Kier molecular flexibility index (Phi) is 4.13. The van der Waals surface area contributed by atoms with Crippen molar-refractivity contribution in [3.63, 3.8) is 0 Å². The average Bonchev–Trinajstić information content (AvgIpc) is 3.21. The molecular formula is C21H20N4OS. The normalized spacial score (nSPS) is 16.7. The third-order valence-corrected chi connectivity index (χ3v) is 5.79. The molecule has 1 aliphatic heterocycles. The van der Waals surface area contributed by atoms with Gasteiger partial charge in [0.2, 0.25) is 5.91 Å². The fourth-order valence-corrected chi connectivity index (χ4v) is 4.21. The third kappa shape index (κ3) is 3.32. The van der Waals surface area contributed by atoms with Gasteiger partial charge in [-0.1, -0.05) is 24.3 Å². The van der Waals surface area contributed by atoms with Crippen molar-refractivity contribution in [1.82, 2.24) is 9.97 Å². The molecule has 27 heavy (non-hydrogen) atoms. The van der Waals surface area contributed by atoms with Crippen molar-refractivity contribution in [3.8, 4) is 22.4 Å². The molecule has 1 aromatic carbocycles. The Balaban J connectivity index is 1.45. The molecule has 5 rings (SSSR count). The van der Waals surface area contributed by atoms with Crippen LogP contribution in [0.5, 0.6) is 0 Å². The molecule has 6 heteroatoms. The van der Waals surface area contributed by atoms with E-state index in [2.05, 4.69) is 27.8 Å². The van der Waals surface area contributed by atoms with Crippen LogP contribution in [0, 0.1) is 0 Å². The average molecular weight is 376 g/mol. The summed E-state index contributed by atoms with van der Waals surface area (Å²) in [6.45, 7) is 0.761. The summed E-state index contributed by atoms with van der Waals surface area (Å²) in [4.78, 5) is 23.0. The number of benzene rings is 1. The largest absolute Gasteiger partial charge is 0.359 e. The Bertz CT molecular complexity index is 978. The van der Waals surface area contributed by atoms with E-state index in [1.807, 2.05) is 30.5 Å². The van der Waals surface area contributed by atoms with E-state index in [0.717, 1.165) is 46.3 Å². The predicted molar refractivity (Wildman–Crippen MR) is 109 cm³/mol. The maximum Gasteiger partial charge on any atom is 0.228 e. The molecule has 0 radical (unpaired) electrons. The topological polar surface area (TPSA) is 58.1 Å². The van der Waals surface area contributed by atoms with Gasteiger partial charge in [-0.25, -0.2) is 9.97 Å². The quantitative estimate of drug-likeness (QED) is 0.708. The number of nitrogens with one attached hydrogen (secondary N) is 1. The van der Waals surface area contributed by atoms with E-state index in [1.165, 1.54) is 12.8 Å². The van der Waals surface area contributed by atoms with Crippen molar-refractivity contribution in [1.29, 1.82) is 0 Å². The van der Waals surface area contributed by atoms with E-state index in [0.29, 0.717) is 12.5 Å². The first-order valence-electron chi connectivity index (χ1n) is 9.36. The molecule has 2 fully saturated rings. The molecule has 2 aliphatic rings. The third-order valence-electron chi connectivity index (χ3n) is 5.02. The Labute approximate surface area is 162 Å². The molecule has 0 bridgehead atoms. The summed E-state index contributed by atoms with van der Waals surface area (Å²) in [6, 6.07) is 12.9. The maximum absolute atomic E-state index is 11.9. The first-order valence-corrected chi connectivity index (χ1v) is 10.2. The minimum atomic E-state index is 0.161. The van der Waals surface area contributed by atoms with Crippen LogP contribution in [0.25, 0.3) is 22.4 Å². The first-order chi connectivity index (χ1) is 13.3. The number of carbonyl (C=O) groups is 1. The maximum atomic E-state index is 11.9. The molecule has 0 spiro atoms. The molecule has 0 unspecified atom stereocenters. The van der Waals surface area contributed by atoms with Crippen LogP contribution >= 0.6 is 11.3 Å². The predicted octanol–water partition coefficient (Wildman–Crippen LogP) is 4.57. The van der Waals surface area contributed by atoms with Crippen molar-refractivity contribution in [2.45, 2.75) is 31.7 Å². The number of carbonyl (C=O) groups excluding carboxylic acids is 1. The van der Waals surface area contributed by atoms with Gasteiger partial charge < -0.3 is 5.32 Å². The van der Waals surface area contributed by atoms with Crippen LogP contribution in [0.3, 0.4) is 0 Å². The summed E-state index contributed by atoms with van der Waals surface area (Å²) < 4.78 is 0. The standard InChI is InChI=1S/C21H20N4OS/c26-20-6-3-11-25(20)19-10-7-14(12-22-19)16-4-1-2-5-17(16)18-13-27-21(24-18)23-15-8-9-15/h1-2,4-5,7,10,12-13,15H,3,6,8-9,11H2,(H,23,24). The molecule has 3 aromatic rings. The molecule has 1 N–H and O–H groups in total. The number of nitrogens with zero attached hydrogens (tertiary/aromatic N) is 3. The minimum absolute atomic E-state index is 0.161. The van der Waals surface area contributed by atoms with Gasteiger partial charge in [0, 0.05) is 41.7 Å². The van der Waals surface area contributed by atoms with E-state index < -0.39 is 0 Å². The molecule has 3 heterocycles. The van der Waals surface area contributed by atoms with Crippen molar-refractivity contribution < 1.29 is 4.79 Å². The summed E-state index contributed by atoms with van der Waals surface area (Å²) in [5.41, 5.74) is 4.22. The van der Waals surface area contributed by atoms with Crippen molar-refractivity contribution in [2.24, 2.45) is 0 Å². The molecule has 1 saturated carbocycles. The van der Waals surface area contributed by atoms with Gasteiger partial charge in [0.15, 0.2) is 5.13 Å². The molecule has 5 nitrogen and oxygen atoms in total. The smallest absolute Gasteiger partial charge is 0.228 e. The second-order valence-corrected chi connectivity index (χ2v) is 7.91. The Morgan fingerprint density at radius 2 is 1.96 bits per heavy atom. The van der Waals surface area contributed by atoms with E-state index in [-0.39, 0.29) is 5.91 Å². The van der Waals surface area contributed by atoms with Gasteiger partial charge in [-0.15, -0.1) is 11.3 Å². The highest BCUT2D eigenvalue weighted by Crippen LogP contribution is 2.35. The zero-order valence-corrected chi connectivity index (χ0v) is 15.7. The summed E-state index contributed by atoms with van der Waals surface area (Å²) >= 11 is 1.65. The monoisotopic (exact) mass is 376 g/mol. The molecule has 2 aromatic heterocycles. The second-order valence-electron chi connectivity index (χ2n) is 7.06. The van der Waals surface area contributed by atoms with Crippen LogP contribution in [-0.4, -0.2) is 28.5 Å². The van der Waals surface area contributed by atoms with Crippen LogP contribution in [0.1, 0.15) is 25.7 Å². The molecular weight excluding hydrogens is 356 g/mol. The number of thiazole rings is 1. The number of hydrogen-bond donors (Lipinski definition) is 1. The Hall–Kier alpha value is -2.73. The van der Waals surface area contributed by atoms with Crippen molar-refractivity contribution in [3.05, 3.63) is 48.0 Å². The highest BCUT2D eigenvalue weighted by Gasteiger charge is 2.23. The van der Waals surface area contributed by atoms with Gasteiger partial charge >= 0.3 is 0 Å². The van der Waals surface area contributed by atoms with E-state index in [4.69, 9.17) is 4.98 Å². The fourth-order valence-electron chi connectivity index (χ4n) is 3.42. The van der Waals surface area contributed by atoms with E-state index >= 15 is 0 Å². The van der Waals surface area contributed by atoms with E-state index in [9.17, 15) is 4.79 Å². The number of amides is 1. The van der Waals surface area contributed by atoms with Crippen molar-refractivity contribution in [2.75, 3.05) is 16.8 Å². The zero-order valence-electron chi connectivity index (χ0n) is 14.9. The summed E-state index contributed by atoms with van der Waals surface area (Å²) in [6.07, 6.45) is 5.86. The minimum Gasteiger partial charge on any atom is -0.359 e. The number of pyridine rings is 1. The van der Waals surface area contributed by atoms with Crippen LogP contribution < -0.4 is 10.2 Å². The lowest BCUT2D eigenvalue weighted by Crippen LogP contribution is -2.24. The van der Waals surface area contributed by atoms with Gasteiger partial charge in [-0.2, -0.15) is 0 Å². The van der Waals surface area contributed by atoms with Gasteiger partial charge in [-0.05, 0) is 37.0 Å². The lowest BCUT2D eigenvalue weighted by molar-refractivity contribution is -0.117. The van der Waals surface area contributed by atoms with Gasteiger partial charge in [-0.3, -0.25) is 9.69 Å². The SMILES string of the molecule is O=C1CCCN1c1ccc(-c2ccccc2-c2csc(NC3CC3)n2)cn1. The molecule has 1 amide bonds.